The van der Waals surface area contributed by atoms with Crippen LogP contribution in [0.15, 0.2) is 40.9 Å². The standard InChI is InChI=1S/C25H29BrClNO2/c1-29-23-10-19(9-21(26)24(23)30-15-20-4-2-3-5-22(20)27)14-28-25-11-16-6-17(12-25)8-18(7-16)13-25/h2-5,9-10,16-18,28H,6-8,11-15H2,1H3. The van der Waals surface area contributed by atoms with E-state index in [9.17, 15) is 0 Å². The molecule has 0 saturated heterocycles. The fraction of sp³-hybridized carbons (Fsp3) is 0.520. The van der Waals surface area contributed by atoms with Gasteiger partial charge in [0.1, 0.15) is 6.61 Å². The van der Waals surface area contributed by atoms with Crippen LogP contribution in [0.5, 0.6) is 11.5 Å². The van der Waals surface area contributed by atoms with Crippen LogP contribution in [0.4, 0.5) is 0 Å². The maximum atomic E-state index is 6.27. The minimum absolute atomic E-state index is 0.355. The lowest BCUT2D eigenvalue weighted by molar-refractivity contribution is -0.0206. The van der Waals surface area contributed by atoms with Crippen molar-refractivity contribution in [1.29, 1.82) is 0 Å². The quantitative estimate of drug-likeness (QED) is 0.466. The Balaban J connectivity index is 1.29. The Morgan fingerprint density at radius 3 is 2.37 bits per heavy atom. The van der Waals surface area contributed by atoms with Crippen molar-refractivity contribution in [1.82, 2.24) is 5.32 Å². The van der Waals surface area contributed by atoms with Crippen molar-refractivity contribution < 1.29 is 9.47 Å². The SMILES string of the molecule is COc1cc(CNC23CC4CC(CC(C4)C2)C3)cc(Br)c1OCc1ccccc1Cl. The van der Waals surface area contributed by atoms with Gasteiger partial charge in [0.05, 0.1) is 11.6 Å². The van der Waals surface area contributed by atoms with Crippen LogP contribution < -0.4 is 14.8 Å². The molecule has 4 saturated carbocycles. The lowest BCUT2D eigenvalue weighted by atomic mass is 9.53. The first-order chi connectivity index (χ1) is 14.5. The van der Waals surface area contributed by atoms with Gasteiger partial charge in [-0.05, 0) is 96.0 Å². The highest BCUT2D eigenvalue weighted by atomic mass is 79.9. The van der Waals surface area contributed by atoms with Crippen LogP contribution in [0, 0.1) is 17.8 Å². The lowest BCUT2D eigenvalue weighted by Gasteiger charge is -2.57. The molecule has 4 fully saturated rings. The van der Waals surface area contributed by atoms with Crippen molar-refractivity contribution in [2.75, 3.05) is 7.11 Å². The molecule has 2 aromatic rings. The molecule has 4 aliphatic carbocycles. The van der Waals surface area contributed by atoms with Gasteiger partial charge in [-0.1, -0.05) is 29.8 Å². The monoisotopic (exact) mass is 489 g/mol. The topological polar surface area (TPSA) is 30.5 Å². The Hall–Kier alpha value is -1.23. The van der Waals surface area contributed by atoms with E-state index >= 15 is 0 Å². The van der Waals surface area contributed by atoms with Gasteiger partial charge in [0.2, 0.25) is 0 Å². The molecule has 3 nitrogen and oxygen atoms in total. The van der Waals surface area contributed by atoms with Crippen LogP contribution in [0.2, 0.25) is 5.02 Å². The predicted octanol–water partition coefficient (Wildman–Crippen LogP) is 6.75. The number of hydrogen-bond acceptors (Lipinski definition) is 3. The molecule has 0 atom stereocenters. The summed E-state index contributed by atoms with van der Waals surface area (Å²) in [5, 5.41) is 4.68. The van der Waals surface area contributed by atoms with E-state index < -0.39 is 0 Å². The van der Waals surface area contributed by atoms with Crippen LogP contribution >= 0.6 is 27.5 Å². The first-order valence-corrected chi connectivity index (χ1v) is 12.2. The highest BCUT2D eigenvalue weighted by molar-refractivity contribution is 9.10. The summed E-state index contributed by atoms with van der Waals surface area (Å²) in [6.45, 7) is 1.27. The molecule has 2 aromatic carbocycles. The van der Waals surface area contributed by atoms with E-state index in [0.29, 0.717) is 17.2 Å². The summed E-state index contributed by atoms with van der Waals surface area (Å²) in [5.74, 6) is 4.32. The van der Waals surface area contributed by atoms with E-state index in [1.165, 1.54) is 44.1 Å². The number of rotatable bonds is 7. The Bertz CT molecular complexity index is 896. The Labute approximate surface area is 192 Å². The number of halogens is 2. The molecule has 4 bridgehead atoms. The minimum Gasteiger partial charge on any atom is -0.493 e. The van der Waals surface area contributed by atoms with Crippen molar-refractivity contribution >= 4 is 27.5 Å². The van der Waals surface area contributed by atoms with Gasteiger partial charge < -0.3 is 14.8 Å². The number of ether oxygens (including phenoxy) is 2. The number of benzene rings is 2. The van der Waals surface area contributed by atoms with Gasteiger partial charge in [-0.25, -0.2) is 0 Å². The summed E-state index contributed by atoms with van der Waals surface area (Å²) < 4.78 is 12.7. The van der Waals surface area contributed by atoms with E-state index in [0.717, 1.165) is 45.8 Å². The molecule has 1 N–H and O–H groups in total. The summed E-state index contributed by atoms with van der Waals surface area (Å²) in [6, 6.07) is 12.0. The average molecular weight is 491 g/mol. The normalized spacial score (nSPS) is 29.2. The Morgan fingerprint density at radius 1 is 1.07 bits per heavy atom. The molecule has 0 aromatic heterocycles. The summed E-state index contributed by atoms with van der Waals surface area (Å²) in [5.41, 5.74) is 2.54. The van der Waals surface area contributed by atoms with Gasteiger partial charge in [0.15, 0.2) is 11.5 Å². The molecule has 0 heterocycles. The van der Waals surface area contributed by atoms with Gasteiger partial charge in [-0.15, -0.1) is 0 Å². The molecule has 6 rings (SSSR count). The summed E-state index contributed by atoms with van der Waals surface area (Å²) in [6.07, 6.45) is 8.48. The van der Waals surface area contributed by atoms with Crippen LogP contribution in [-0.4, -0.2) is 12.6 Å². The van der Waals surface area contributed by atoms with Crippen molar-refractivity contribution in [3.05, 3.63) is 57.0 Å². The molecular formula is C25H29BrClNO2. The second-order valence-corrected chi connectivity index (χ2v) is 10.8. The van der Waals surface area contributed by atoms with Crippen molar-refractivity contribution in [3.63, 3.8) is 0 Å². The van der Waals surface area contributed by atoms with Crippen molar-refractivity contribution in [3.8, 4) is 11.5 Å². The van der Waals surface area contributed by atoms with Gasteiger partial charge >= 0.3 is 0 Å². The van der Waals surface area contributed by atoms with Crippen LogP contribution in [-0.2, 0) is 13.2 Å². The predicted molar refractivity (Wildman–Crippen MR) is 124 cm³/mol. The number of nitrogens with one attached hydrogen (secondary N) is 1. The fourth-order valence-electron chi connectivity index (χ4n) is 6.40. The van der Waals surface area contributed by atoms with Crippen LogP contribution in [0.25, 0.3) is 0 Å². The minimum atomic E-state index is 0.355. The zero-order valence-corrected chi connectivity index (χ0v) is 19.8. The summed E-state index contributed by atoms with van der Waals surface area (Å²) in [7, 11) is 1.69. The molecule has 0 radical (unpaired) electrons. The maximum Gasteiger partial charge on any atom is 0.175 e. The van der Waals surface area contributed by atoms with Gasteiger partial charge in [-0.2, -0.15) is 0 Å². The zero-order chi connectivity index (χ0) is 20.7. The van der Waals surface area contributed by atoms with E-state index in [-0.39, 0.29) is 0 Å². The largest absolute Gasteiger partial charge is 0.493 e. The highest BCUT2D eigenvalue weighted by Gasteiger charge is 2.50. The smallest absolute Gasteiger partial charge is 0.175 e. The highest BCUT2D eigenvalue weighted by Crippen LogP contribution is 2.55. The molecule has 4 aliphatic rings. The van der Waals surface area contributed by atoms with E-state index in [4.69, 9.17) is 21.1 Å². The fourth-order valence-corrected chi connectivity index (χ4v) is 7.19. The zero-order valence-electron chi connectivity index (χ0n) is 17.4. The van der Waals surface area contributed by atoms with Gasteiger partial charge in [0.25, 0.3) is 0 Å². The molecule has 5 heteroatoms. The molecule has 0 aliphatic heterocycles. The average Bonchev–Trinajstić information content (AvgIpc) is 2.71. The number of methoxy groups -OCH3 is 1. The van der Waals surface area contributed by atoms with E-state index in [2.05, 4.69) is 33.4 Å². The van der Waals surface area contributed by atoms with E-state index in [1.807, 2.05) is 24.3 Å². The molecule has 30 heavy (non-hydrogen) atoms. The van der Waals surface area contributed by atoms with Gasteiger partial charge in [-0.3, -0.25) is 0 Å². The Kier molecular flexibility index (Phi) is 5.76. The van der Waals surface area contributed by atoms with Crippen LogP contribution in [0.1, 0.15) is 49.7 Å². The summed E-state index contributed by atoms with van der Waals surface area (Å²) >= 11 is 9.97. The maximum absolute atomic E-state index is 6.27. The third-order valence-corrected chi connectivity index (χ3v) is 8.28. The first kappa shape index (κ1) is 20.7. The van der Waals surface area contributed by atoms with Crippen LogP contribution in [0.3, 0.4) is 0 Å². The second-order valence-electron chi connectivity index (χ2n) is 9.54. The van der Waals surface area contributed by atoms with Crippen molar-refractivity contribution in [2.45, 2.75) is 57.2 Å². The Morgan fingerprint density at radius 2 is 1.73 bits per heavy atom. The summed E-state index contributed by atoms with van der Waals surface area (Å²) in [4.78, 5) is 0. The molecule has 0 unspecified atom stereocenters. The third kappa shape index (κ3) is 4.11. The molecule has 0 spiro atoms. The third-order valence-electron chi connectivity index (χ3n) is 7.32. The second kappa shape index (κ2) is 8.37. The first-order valence-electron chi connectivity index (χ1n) is 11.0. The van der Waals surface area contributed by atoms with E-state index in [1.54, 1.807) is 7.11 Å². The van der Waals surface area contributed by atoms with Gasteiger partial charge in [0, 0.05) is 22.7 Å². The molecular weight excluding hydrogens is 462 g/mol. The molecule has 0 amide bonds. The molecule has 160 valence electrons. The van der Waals surface area contributed by atoms with Crippen molar-refractivity contribution in [2.24, 2.45) is 17.8 Å². The lowest BCUT2D eigenvalue weighted by Crippen LogP contribution is -2.58. The number of hydrogen-bond donors (Lipinski definition) is 1.